The molecule has 0 bridgehead atoms. The molecule has 0 unspecified atom stereocenters. The van der Waals surface area contributed by atoms with Crippen LogP contribution < -0.4 is 14.8 Å². The molecule has 0 radical (unpaired) electrons. The Bertz CT molecular complexity index is 1120. The lowest BCUT2D eigenvalue weighted by Gasteiger charge is -2.24. The SMILES string of the molecule is CCOc1ccc(-c2nc(CN3c4ccc(S(N)(=O)=O)cc4C[C@@H]3C)cs2)cc1. The molecule has 152 valence electrons. The first-order valence-corrected chi connectivity index (χ1v) is 11.9. The number of benzene rings is 2. The molecule has 29 heavy (non-hydrogen) atoms. The monoisotopic (exact) mass is 429 g/mol. The predicted octanol–water partition coefficient (Wildman–Crippen LogP) is 3.81. The third-order valence-electron chi connectivity index (χ3n) is 5.03. The van der Waals surface area contributed by atoms with E-state index in [2.05, 4.69) is 17.2 Å². The van der Waals surface area contributed by atoms with Crippen molar-refractivity contribution < 1.29 is 13.2 Å². The maximum absolute atomic E-state index is 11.6. The van der Waals surface area contributed by atoms with Gasteiger partial charge in [0.15, 0.2) is 0 Å². The first-order valence-electron chi connectivity index (χ1n) is 9.45. The summed E-state index contributed by atoms with van der Waals surface area (Å²) in [7, 11) is -3.69. The largest absolute Gasteiger partial charge is 0.494 e. The van der Waals surface area contributed by atoms with Crippen molar-refractivity contribution in [3.05, 3.63) is 59.1 Å². The van der Waals surface area contributed by atoms with Gasteiger partial charge in [0.1, 0.15) is 10.8 Å². The van der Waals surface area contributed by atoms with Gasteiger partial charge >= 0.3 is 0 Å². The number of sulfonamides is 1. The van der Waals surface area contributed by atoms with Crippen molar-refractivity contribution in [2.75, 3.05) is 11.5 Å². The van der Waals surface area contributed by atoms with Gasteiger partial charge in [0.25, 0.3) is 0 Å². The quantitative estimate of drug-likeness (QED) is 0.644. The third kappa shape index (κ3) is 4.14. The molecule has 1 atom stereocenters. The smallest absolute Gasteiger partial charge is 0.238 e. The second-order valence-corrected chi connectivity index (χ2v) is 9.54. The summed E-state index contributed by atoms with van der Waals surface area (Å²) in [6.07, 6.45) is 0.786. The van der Waals surface area contributed by atoms with Gasteiger partial charge in [0.2, 0.25) is 10.0 Å². The number of hydrogen-bond donors (Lipinski definition) is 1. The number of nitrogens with two attached hydrogens (primary N) is 1. The molecule has 6 nitrogen and oxygen atoms in total. The standard InChI is InChI=1S/C21H23N3O3S2/c1-3-27-18-6-4-15(5-7-18)21-23-17(13-28-21)12-24-14(2)10-16-11-19(29(22,25)26)8-9-20(16)24/h4-9,11,13-14H,3,10,12H2,1-2H3,(H2,22,25,26)/t14-/m0/s1. The lowest BCUT2D eigenvalue weighted by molar-refractivity contribution is 0.340. The fourth-order valence-electron chi connectivity index (χ4n) is 3.64. The van der Waals surface area contributed by atoms with E-state index in [0.717, 1.165) is 39.7 Å². The van der Waals surface area contributed by atoms with Gasteiger partial charge < -0.3 is 9.64 Å². The zero-order valence-corrected chi connectivity index (χ0v) is 18.0. The number of thiazole rings is 1. The van der Waals surface area contributed by atoms with Crippen LogP contribution in [-0.4, -0.2) is 26.1 Å². The minimum Gasteiger partial charge on any atom is -0.494 e. The molecule has 4 rings (SSSR count). The molecular weight excluding hydrogens is 406 g/mol. The molecule has 0 fully saturated rings. The van der Waals surface area contributed by atoms with Crippen LogP contribution in [-0.2, 0) is 23.0 Å². The van der Waals surface area contributed by atoms with Crippen LogP contribution in [0.25, 0.3) is 10.6 Å². The van der Waals surface area contributed by atoms with Crippen molar-refractivity contribution >= 4 is 27.0 Å². The van der Waals surface area contributed by atoms with Gasteiger partial charge in [-0.1, -0.05) is 0 Å². The molecule has 1 aliphatic heterocycles. The van der Waals surface area contributed by atoms with Gasteiger partial charge in [-0.3, -0.25) is 0 Å². The van der Waals surface area contributed by atoms with E-state index >= 15 is 0 Å². The van der Waals surface area contributed by atoms with E-state index in [9.17, 15) is 8.42 Å². The summed E-state index contributed by atoms with van der Waals surface area (Å²) in [5.41, 5.74) is 4.11. The van der Waals surface area contributed by atoms with Crippen molar-refractivity contribution in [3.8, 4) is 16.3 Å². The summed E-state index contributed by atoms with van der Waals surface area (Å²) >= 11 is 1.62. The minimum absolute atomic E-state index is 0.164. The van der Waals surface area contributed by atoms with E-state index in [4.69, 9.17) is 14.9 Å². The molecule has 3 aromatic rings. The molecule has 2 aromatic carbocycles. The number of nitrogens with zero attached hydrogens (tertiary/aromatic N) is 2. The first kappa shape index (κ1) is 19.9. The summed E-state index contributed by atoms with van der Waals surface area (Å²) in [5.74, 6) is 0.856. The Morgan fingerprint density at radius 1 is 1.24 bits per heavy atom. The molecule has 8 heteroatoms. The van der Waals surface area contributed by atoms with E-state index in [1.54, 1.807) is 23.5 Å². The predicted molar refractivity (Wildman–Crippen MR) is 116 cm³/mol. The van der Waals surface area contributed by atoms with Gasteiger partial charge in [0, 0.05) is 22.7 Å². The molecule has 1 aromatic heterocycles. The topological polar surface area (TPSA) is 85.5 Å². The molecular formula is C21H23N3O3S2. The number of fused-ring (bicyclic) bond motifs is 1. The van der Waals surface area contributed by atoms with Crippen LogP contribution in [0.2, 0.25) is 0 Å². The lowest BCUT2D eigenvalue weighted by Crippen LogP contribution is -2.28. The van der Waals surface area contributed by atoms with Gasteiger partial charge in [-0.2, -0.15) is 0 Å². The number of hydrogen-bond acceptors (Lipinski definition) is 6. The second kappa shape index (κ2) is 7.78. The fourth-order valence-corrected chi connectivity index (χ4v) is 5.02. The Morgan fingerprint density at radius 2 is 2.00 bits per heavy atom. The zero-order chi connectivity index (χ0) is 20.6. The van der Waals surface area contributed by atoms with Crippen LogP contribution in [0.3, 0.4) is 0 Å². The lowest BCUT2D eigenvalue weighted by atomic mass is 10.1. The minimum atomic E-state index is -3.69. The second-order valence-electron chi connectivity index (χ2n) is 7.12. The van der Waals surface area contributed by atoms with E-state index < -0.39 is 10.0 Å². The Morgan fingerprint density at radius 3 is 2.69 bits per heavy atom. The highest BCUT2D eigenvalue weighted by atomic mass is 32.2. The summed E-state index contributed by atoms with van der Waals surface area (Å²) in [6.45, 7) is 5.43. The highest BCUT2D eigenvalue weighted by molar-refractivity contribution is 7.89. The van der Waals surface area contributed by atoms with Crippen LogP contribution in [0.4, 0.5) is 5.69 Å². The van der Waals surface area contributed by atoms with Crippen molar-refractivity contribution in [2.24, 2.45) is 5.14 Å². The van der Waals surface area contributed by atoms with E-state index in [-0.39, 0.29) is 10.9 Å². The maximum atomic E-state index is 11.6. The Hall–Kier alpha value is -2.42. The average Bonchev–Trinajstić information content (AvgIpc) is 3.27. The average molecular weight is 430 g/mol. The molecule has 0 saturated carbocycles. The zero-order valence-electron chi connectivity index (χ0n) is 16.3. The van der Waals surface area contributed by atoms with Crippen LogP contribution in [0.15, 0.2) is 52.7 Å². The Balaban J connectivity index is 1.54. The van der Waals surface area contributed by atoms with Crippen LogP contribution in [0.1, 0.15) is 25.1 Å². The molecule has 0 amide bonds. The van der Waals surface area contributed by atoms with Gasteiger partial charge in [0.05, 0.1) is 23.7 Å². The number of ether oxygens (including phenoxy) is 1. The number of aromatic nitrogens is 1. The van der Waals surface area contributed by atoms with E-state index in [0.29, 0.717) is 13.2 Å². The molecule has 1 aliphatic rings. The van der Waals surface area contributed by atoms with Gasteiger partial charge in [-0.05, 0) is 68.3 Å². The maximum Gasteiger partial charge on any atom is 0.238 e. The Kier molecular flexibility index (Phi) is 5.33. The van der Waals surface area contributed by atoms with Crippen molar-refractivity contribution in [3.63, 3.8) is 0 Å². The molecule has 2 N–H and O–H groups in total. The molecule has 0 aliphatic carbocycles. The summed E-state index contributed by atoms with van der Waals surface area (Å²) in [6, 6.07) is 13.3. The highest BCUT2D eigenvalue weighted by Crippen LogP contribution is 2.35. The first-order chi connectivity index (χ1) is 13.8. The van der Waals surface area contributed by atoms with Crippen LogP contribution in [0.5, 0.6) is 5.75 Å². The van der Waals surface area contributed by atoms with E-state index in [1.807, 2.05) is 37.3 Å². The molecule has 0 spiro atoms. The van der Waals surface area contributed by atoms with Crippen LogP contribution >= 0.6 is 11.3 Å². The summed E-state index contributed by atoms with van der Waals surface area (Å²) < 4.78 is 28.8. The highest BCUT2D eigenvalue weighted by Gasteiger charge is 2.28. The molecule has 0 saturated heterocycles. The van der Waals surface area contributed by atoms with Gasteiger partial charge in [-0.25, -0.2) is 18.5 Å². The number of primary sulfonamides is 1. The normalized spacial score (nSPS) is 16.1. The summed E-state index contributed by atoms with van der Waals surface area (Å²) in [4.78, 5) is 7.23. The summed E-state index contributed by atoms with van der Waals surface area (Å²) in [5, 5.41) is 8.32. The van der Waals surface area contributed by atoms with Gasteiger partial charge in [-0.15, -0.1) is 11.3 Å². The molecule has 2 heterocycles. The Labute approximate surface area is 175 Å². The third-order valence-corrected chi connectivity index (χ3v) is 6.88. The van der Waals surface area contributed by atoms with Crippen LogP contribution in [0, 0.1) is 0 Å². The fraction of sp³-hybridized carbons (Fsp3) is 0.286. The van der Waals surface area contributed by atoms with Crippen molar-refractivity contribution in [1.82, 2.24) is 4.98 Å². The number of rotatable bonds is 6. The van der Waals surface area contributed by atoms with Crippen molar-refractivity contribution in [1.29, 1.82) is 0 Å². The van der Waals surface area contributed by atoms with E-state index in [1.165, 1.54) is 0 Å². The number of anilines is 1. The van der Waals surface area contributed by atoms with Crippen molar-refractivity contribution in [2.45, 2.75) is 37.8 Å².